The quantitative estimate of drug-likeness (QED) is 0.296. The Morgan fingerprint density at radius 2 is 1.97 bits per heavy atom. The van der Waals surface area contributed by atoms with E-state index in [-0.39, 0.29) is 43.2 Å². The van der Waals surface area contributed by atoms with Gasteiger partial charge in [0, 0.05) is 25.7 Å². The van der Waals surface area contributed by atoms with E-state index in [2.05, 4.69) is 15.3 Å². The summed E-state index contributed by atoms with van der Waals surface area (Å²) in [5.74, 6) is -0.373. The van der Waals surface area contributed by atoms with Crippen molar-refractivity contribution in [3.63, 3.8) is 0 Å². The molecule has 0 spiro atoms. The number of nitro groups is 1. The van der Waals surface area contributed by atoms with Crippen LogP contribution in [-0.4, -0.2) is 72.1 Å². The number of ether oxygens (including phenoxy) is 1. The van der Waals surface area contributed by atoms with E-state index in [0.717, 1.165) is 11.8 Å². The maximum Gasteiger partial charge on any atom is 0.329 e. The molecule has 0 amide bonds. The zero-order valence-corrected chi connectivity index (χ0v) is 19.9. The van der Waals surface area contributed by atoms with Gasteiger partial charge in [0.15, 0.2) is 0 Å². The predicted octanol–water partition coefficient (Wildman–Crippen LogP) is 1.79. The Morgan fingerprint density at radius 1 is 1.29 bits per heavy atom. The highest BCUT2D eigenvalue weighted by Gasteiger charge is 2.28. The summed E-state index contributed by atoms with van der Waals surface area (Å²) in [7, 11) is -3.25. The fourth-order valence-corrected chi connectivity index (χ4v) is 4.56. The van der Waals surface area contributed by atoms with E-state index in [9.17, 15) is 23.3 Å². The monoisotopic (exact) mass is 492 g/mol. The third-order valence-electron chi connectivity index (χ3n) is 5.34. The minimum absolute atomic E-state index is 0.00650. The molecule has 0 radical (unpaired) electrons. The van der Waals surface area contributed by atoms with Crippen LogP contribution in [-0.2, 0) is 26.1 Å². The molecule has 1 aromatic heterocycles. The first-order valence-electron chi connectivity index (χ1n) is 10.8. The van der Waals surface area contributed by atoms with E-state index in [4.69, 9.17) is 4.74 Å². The Labute approximate surface area is 198 Å². The maximum absolute atomic E-state index is 12.3. The van der Waals surface area contributed by atoms with E-state index in [1.807, 2.05) is 30.3 Å². The number of esters is 1. The average molecular weight is 493 g/mol. The fourth-order valence-electron chi connectivity index (χ4n) is 3.68. The lowest BCUT2D eigenvalue weighted by molar-refractivity contribution is -0.384. The number of rotatable bonds is 10. The van der Waals surface area contributed by atoms with Gasteiger partial charge in [0.1, 0.15) is 12.7 Å². The largest absolute Gasteiger partial charge is 0.465 e. The van der Waals surface area contributed by atoms with Gasteiger partial charge < -0.3 is 15.0 Å². The molecule has 1 N–H and O–H groups in total. The van der Waals surface area contributed by atoms with Crippen molar-refractivity contribution in [1.82, 2.24) is 14.3 Å². The third kappa shape index (κ3) is 6.84. The molecule has 0 aliphatic carbocycles. The number of piperidine rings is 1. The number of carbonyl (C=O) groups excluding carboxylic acids is 1. The molecule has 1 fully saturated rings. The van der Waals surface area contributed by atoms with Crippen LogP contribution in [0.2, 0.25) is 0 Å². The Balaban J connectivity index is 1.86. The summed E-state index contributed by atoms with van der Waals surface area (Å²) in [6, 6.07) is 9.12. The van der Waals surface area contributed by atoms with Gasteiger partial charge in [0.25, 0.3) is 0 Å². The summed E-state index contributed by atoms with van der Waals surface area (Å²) >= 11 is 0. The molecule has 1 aromatic carbocycles. The second kappa shape index (κ2) is 11.2. The molecule has 34 heavy (non-hydrogen) atoms. The van der Waals surface area contributed by atoms with Crippen molar-refractivity contribution in [2.75, 3.05) is 42.7 Å². The number of benzene rings is 1. The highest BCUT2D eigenvalue weighted by Crippen LogP contribution is 2.28. The normalized spacial score (nSPS) is 15.0. The SMILES string of the molecule is CCOC(=O)CN(Cc1ccccc1)c1nc(NC2CCN(S(C)(=O)=O)CC2)ncc1[N+](=O)[O-]. The smallest absolute Gasteiger partial charge is 0.329 e. The summed E-state index contributed by atoms with van der Waals surface area (Å²) < 4.78 is 29.9. The zero-order valence-electron chi connectivity index (χ0n) is 19.1. The summed E-state index contributed by atoms with van der Waals surface area (Å²) in [5, 5.41) is 14.9. The molecular weight excluding hydrogens is 464 g/mol. The van der Waals surface area contributed by atoms with E-state index < -0.39 is 20.9 Å². The number of anilines is 2. The zero-order chi connectivity index (χ0) is 24.7. The van der Waals surface area contributed by atoms with Crippen LogP contribution >= 0.6 is 0 Å². The van der Waals surface area contributed by atoms with Gasteiger partial charge in [-0.1, -0.05) is 30.3 Å². The lowest BCUT2D eigenvalue weighted by Gasteiger charge is -2.30. The molecule has 1 saturated heterocycles. The molecule has 1 aliphatic heterocycles. The molecule has 3 rings (SSSR count). The first-order chi connectivity index (χ1) is 16.2. The van der Waals surface area contributed by atoms with Crippen molar-refractivity contribution in [1.29, 1.82) is 0 Å². The number of nitrogens with zero attached hydrogens (tertiary/aromatic N) is 5. The predicted molar refractivity (Wildman–Crippen MR) is 126 cm³/mol. The molecule has 184 valence electrons. The minimum atomic E-state index is -3.25. The van der Waals surface area contributed by atoms with E-state index in [1.165, 1.54) is 15.5 Å². The van der Waals surface area contributed by atoms with Crippen molar-refractivity contribution in [3.05, 3.63) is 52.2 Å². The van der Waals surface area contributed by atoms with E-state index in [0.29, 0.717) is 25.9 Å². The van der Waals surface area contributed by atoms with Crippen LogP contribution in [0.3, 0.4) is 0 Å². The highest BCUT2D eigenvalue weighted by atomic mass is 32.2. The number of hydrogen-bond donors (Lipinski definition) is 1. The summed E-state index contributed by atoms with van der Waals surface area (Å²) in [6.07, 6.45) is 3.37. The van der Waals surface area contributed by atoms with Gasteiger partial charge in [0.05, 0.1) is 17.8 Å². The molecule has 0 bridgehead atoms. The fraction of sp³-hybridized carbons (Fsp3) is 0.476. The van der Waals surface area contributed by atoms with Crippen LogP contribution in [0.5, 0.6) is 0 Å². The van der Waals surface area contributed by atoms with Crippen molar-refractivity contribution >= 4 is 33.4 Å². The molecule has 1 aliphatic rings. The van der Waals surface area contributed by atoms with Crippen LogP contribution in [0, 0.1) is 10.1 Å². The molecule has 13 heteroatoms. The van der Waals surface area contributed by atoms with Crippen molar-refractivity contribution in [2.45, 2.75) is 32.4 Å². The summed E-state index contributed by atoms with van der Waals surface area (Å²) in [6.45, 7) is 2.56. The Morgan fingerprint density at radius 3 is 2.56 bits per heavy atom. The van der Waals surface area contributed by atoms with Crippen LogP contribution in [0.15, 0.2) is 36.5 Å². The van der Waals surface area contributed by atoms with Crippen LogP contribution in [0.1, 0.15) is 25.3 Å². The van der Waals surface area contributed by atoms with Crippen molar-refractivity contribution < 1.29 is 22.9 Å². The Kier molecular flexibility index (Phi) is 8.34. The Bertz CT molecular complexity index is 1110. The maximum atomic E-state index is 12.3. The topological polar surface area (TPSA) is 148 Å². The van der Waals surface area contributed by atoms with Gasteiger partial charge in [0.2, 0.25) is 21.8 Å². The second-order valence-electron chi connectivity index (χ2n) is 7.89. The average Bonchev–Trinajstić information content (AvgIpc) is 2.79. The number of sulfonamides is 1. The van der Waals surface area contributed by atoms with Gasteiger partial charge in [-0.15, -0.1) is 0 Å². The first-order valence-corrected chi connectivity index (χ1v) is 12.7. The van der Waals surface area contributed by atoms with E-state index in [1.54, 1.807) is 6.92 Å². The lowest BCUT2D eigenvalue weighted by Crippen LogP contribution is -2.42. The molecule has 12 nitrogen and oxygen atoms in total. The summed E-state index contributed by atoms with van der Waals surface area (Å²) in [4.78, 5) is 33.4. The second-order valence-corrected chi connectivity index (χ2v) is 9.87. The standard InChI is InChI=1S/C21H28N6O6S/c1-3-33-19(28)15-25(14-16-7-5-4-6-8-16)20-18(27(29)30)13-22-21(24-20)23-17-9-11-26(12-10-17)34(2,31)32/h4-8,13,17H,3,9-12,14-15H2,1-2H3,(H,22,23,24). The van der Waals surface area contributed by atoms with Gasteiger partial charge in [-0.2, -0.15) is 4.98 Å². The van der Waals surface area contributed by atoms with Gasteiger partial charge in [-0.25, -0.2) is 17.7 Å². The van der Waals surface area contributed by atoms with Gasteiger partial charge in [-0.05, 0) is 25.3 Å². The Hall–Kier alpha value is -3.32. The lowest BCUT2D eigenvalue weighted by atomic mass is 10.1. The summed E-state index contributed by atoms with van der Waals surface area (Å²) in [5.41, 5.74) is 0.500. The molecule has 0 saturated carbocycles. The van der Waals surface area contributed by atoms with Crippen LogP contribution < -0.4 is 10.2 Å². The highest BCUT2D eigenvalue weighted by molar-refractivity contribution is 7.88. The molecule has 2 heterocycles. The van der Waals surface area contributed by atoms with Crippen molar-refractivity contribution in [3.8, 4) is 0 Å². The number of aromatic nitrogens is 2. The van der Waals surface area contributed by atoms with Crippen LogP contribution in [0.25, 0.3) is 0 Å². The third-order valence-corrected chi connectivity index (χ3v) is 6.65. The van der Waals surface area contributed by atoms with Crippen molar-refractivity contribution in [2.24, 2.45) is 0 Å². The molecular formula is C21H28N6O6S. The van der Waals surface area contributed by atoms with Gasteiger partial charge in [-0.3, -0.25) is 14.9 Å². The first kappa shape index (κ1) is 25.3. The molecule has 0 unspecified atom stereocenters. The number of hydrogen-bond acceptors (Lipinski definition) is 10. The number of nitrogens with one attached hydrogen (secondary N) is 1. The minimum Gasteiger partial charge on any atom is -0.465 e. The molecule has 0 atom stereocenters. The number of carbonyl (C=O) groups is 1. The van der Waals surface area contributed by atoms with E-state index >= 15 is 0 Å². The van der Waals surface area contributed by atoms with Crippen LogP contribution in [0.4, 0.5) is 17.5 Å². The van der Waals surface area contributed by atoms with Gasteiger partial charge >= 0.3 is 11.7 Å². The molecule has 2 aromatic rings.